The number of allylic oxidation sites excluding steroid dienone is 1. The highest BCUT2D eigenvalue weighted by atomic mass is 79.9. The van der Waals surface area contributed by atoms with Crippen LogP contribution in [-0.2, 0) is 0 Å². The summed E-state index contributed by atoms with van der Waals surface area (Å²) in [6.07, 6.45) is 0. The predicted octanol–water partition coefficient (Wildman–Crippen LogP) is 4.07. The summed E-state index contributed by atoms with van der Waals surface area (Å²) in [7, 11) is 0. The Morgan fingerprint density at radius 2 is 1.35 bits per heavy atom. The summed E-state index contributed by atoms with van der Waals surface area (Å²) in [6, 6.07) is 14.0. The fourth-order valence-corrected chi connectivity index (χ4v) is 3.42. The van der Waals surface area contributed by atoms with E-state index in [1.54, 1.807) is 24.3 Å². The van der Waals surface area contributed by atoms with Gasteiger partial charge in [-0.1, -0.05) is 42.5 Å². The highest BCUT2D eigenvalue weighted by Gasteiger charge is 2.38. The zero-order valence-corrected chi connectivity index (χ0v) is 13.3. The van der Waals surface area contributed by atoms with E-state index in [0.29, 0.717) is 15.6 Å². The molecule has 4 nitrogen and oxygen atoms in total. The second-order valence-electron chi connectivity index (χ2n) is 5.29. The molecule has 0 bridgehead atoms. The number of hydrogen-bond acceptors (Lipinski definition) is 4. The van der Waals surface area contributed by atoms with Gasteiger partial charge in [0, 0.05) is 22.4 Å². The van der Waals surface area contributed by atoms with Crippen molar-refractivity contribution >= 4 is 37.7 Å². The number of aliphatic hydroxyl groups excluding tert-OH is 1. The van der Waals surface area contributed by atoms with E-state index in [1.165, 1.54) is 0 Å². The minimum Gasteiger partial charge on any atom is -0.505 e. The number of Topliss-reactive ketones (excluding diaryl/α,β-unsaturated/α-hetero) is 2. The van der Waals surface area contributed by atoms with E-state index in [-0.39, 0.29) is 28.6 Å². The predicted molar refractivity (Wildman–Crippen MR) is 90.7 cm³/mol. The summed E-state index contributed by atoms with van der Waals surface area (Å²) in [5, 5.41) is 13.5. The van der Waals surface area contributed by atoms with Crippen molar-refractivity contribution in [1.82, 2.24) is 0 Å². The van der Waals surface area contributed by atoms with Gasteiger partial charge in [-0.25, -0.2) is 0 Å². The van der Waals surface area contributed by atoms with Gasteiger partial charge in [-0.3, -0.25) is 9.59 Å². The molecule has 5 heteroatoms. The lowest BCUT2D eigenvalue weighted by Gasteiger charge is -2.22. The monoisotopic (exact) mass is 367 g/mol. The van der Waals surface area contributed by atoms with Crippen LogP contribution in [0.3, 0.4) is 0 Å². The van der Waals surface area contributed by atoms with Gasteiger partial charge in [0.25, 0.3) is 0 Å². The van der Waals surface area contributed by atoms with Crippen LogP contribution in [0.5, 0.6) is 0 Å². The fraction of sp³-hybridized carbons (Fsp3) is 0. The van der Waals surface area contributed by atoms with Crippen molar-refractivity contribution in [2.75, 3.05) is 5.32 Å². The van der Waals surface area contributed by atoms with Gasteiger partial charge in [0.1, 0.15) is 0 Å². The summed E-state index contributed by atoms with van der Waals surface area (Å²) < 4.78 is 0.450. The van der Waals surface area contributed by atoms with Crippen LogP contribution >= 0.6 is 15.9 Å². The highest BCUT2D eigenvalue weighted by molar-refractivity contribution is 9.15. The Morgan fingerprint density at radius 1 is 0.826 bits per heavy atom. The van der Waals surface area contributed by atoms with Crippen LogP contribution in [0.1, 0.15) is 26.3 Å². The van der Waals surface area contributed by atoms with Crippen molar-refractivity contribution < 1.29 is 14.7 Å². The molecule has 1 aliphatic heterocycles. The Kier molecular flexibility index (Phi) is 2.99. The third-order valence-corrected chi connectivity index (χ3v) is 4.79. The normalized spacial score (nSPS) is 16.4. The van der Waals surface area contributed by atoms with Crippen molar-refractivity contribution in [3.63, 3.8) is 0 Å². The van der Waals surface area contributed by atoms with Crippen molar-refractivity contribution in [3.8, 4) is 0 Å². The average Bonchev–Trinajstić information content (AvgIpc) is 2.83. The van der Waals surface area contributed by atoms with E-state index >= 15 is 0 Å². The Hall–Kier alpha value is -2.66. The molecule has 0 spiro atoms. The number of benzene rings is 2. The second kappa shape index (κ2) is 4.93. The number of ketones is 2. The summed E-state index contributed by atoms with van der Waals surface area (Å²) >= 11 is 3.35. The molecule has 2 N–H and O–H groups in total. The van der Waals surface area contributed by atoms with Crippen LogP contribution in [0.25, 0.3) is 4.48 Å². The molecule has 0 fully saturated rings. The number of carbonyl (C=O) groups is 2. The zero-order chi connectivity index (χ0) is 16.1. The molecule has 23 heavy (non-hydrogen) atoms. The van der Waals surface area contributed by atoms with Crippen molar-refractivity contribution in [2.24, 2.45) is 0 Å². The molecular weight excluding hydrogens is 358 g/mol. The smallest absolute Gasteiger partial charge is 0.199 e. The molecule has 0 saturated carbocycles. The number of halogens is 1. The summed E-state index contributed by atoms with van der Waals surface area (Å²) in [6.45, 7) is 0. The topological polar surface area (TPSA) is 66.4 Å². The van der Waals surface area contributed by atoms with Gasteiger partial charge < -0.3 is 10.4 Å². The maximum Gasteiger partial charge on any atom is 0.199 e. The lowest BCUT2D eigenvalue weighted by Crippen LogP contribution is -2.17. The lowest BCUT2D eigenvalue weighted by molar-refractivity contribution is 0.0986. The highest BCUT2D eigenvalue weighted by Crippen LogP contribution is 2.41. The number of carbonyl (C=O) groups excluding carboxylic acids is 2. The molecule has 2 aliphatic rings. The molecule has 0 aromatic heterocycles. The Labute approximate surface area is 140 Å². The largest absolute Gasteiger partial charge is 0.505 e. The molecular formula is C18H10BrNO3. The second-order valence-corrected chi connectivity index (χ2v) is 6.08. The van der Waals surface area contributed by atoms with E-state index in [0.717, 1.165) is 11.3 Å². The first kappa shape index (κ1) is 14.0. The van der Waals surface area contributed by atoms with E-state index in [9.17, 15) is 14.7 Å². The molecule has 2 aromatic carbocycles. The van der Waals surface area contributed by atoms with E-state index < -0.39 is 0 Å². The Balaban J connectivity index is 1.96. The third-order valence-electron chi connectivity index (χ3n) is 3.99. The minimum absolute atomic E-state index is 0.0323. The van der Waals surface area contributed by atoms with Crippen LogP contribution in [0.4, 0.5) is 5.69 Å². The van der Waals surface area contributed by atoms with Crippen molar-refractivity contribution in [3.05, 3.63) is 82.3 Å². The summed E-state index contributed by atoms with van der Waals surface area (Å²) in [5.74, 6) is -0.896. The lowest BCUT2D eigenvalue weighted by atomic mass is 10.0. The van der Waals surface area contributed by atoms with Gasteiger partial charge in [-0.15, -0.1) is 0 Å². The number of fused-ring (bicyclic) bond motifs is 2. The van der Waals surface area contributed by atoms with Crippen molar-refractivity contribution in [1.29, 1.82) is 0 Å². The third kappa shape index (κ3) is 1.90. The standard InChI is InChI=1S/C18H10BrNO3/c19-14-11-7-3-4-8-12(11)20-15(18(14)23)13-16(21)9-5-1-2-6-10(9)17(13)22/h1-8,20,23H. The first-order chi connectivity index (χ1) is 11.1. The first-order valence-corrected chi connectivity index (χ1v) is 7.77. The van der Waals surface area contributed by atoms with E-state index in [4.69, 9.17) is 0 Å². The van der Waals surface area contributed by atoms with Crippen LogP contribution in [-0.4, -0.2) is 16.7 Å². The van der Waals surface area contributed by atoms with Gasteiger partial charge >= 0.3 is 0 Å². The van der Waals surface area contributed by atoms with Gasteiger partial charge in [0.15, 0.2) is 17.3 Å². The molecule has 112 valence electrons. The number of para-hydroxylation sites is 1. The average molecular weight is 368 g/mol. The van der Waals surface area contributed by atoms with Gasteiger partial charge in [0.05, 0.1) is 15.8 Å². The fourth-order valence-electron chi connectivity index (χ4n) is 2.87. The Bertz CT molecular complexity index is 919. The molecule has 4 rings (SSSR count). The molecule has 1 aliphatic carbocycles. The van der Waals surface area contributed by atoms with Crippen molar-refractivity contribution in [2.45, 2.75) is 0 Å². The molecule has 0 unspecified atom stereocenters. The number of nitrogens with one attached hydrogen (secondary N) is 1. The van der Waals surface area contributed by atoms with E-state index in [2.05, 4.69) is 21.2 Å². The number of aliphatic hydroxyl groups is 1. The molecule has 0 saturated heterocycles. The van der Waals surface area contributed by atoms with Crippen LogP contribution in [0.2, 0.25) is 0 Å². The molecule has 0 radical (unpaired) electrons. The zero-order valence-electron chi connectivity index (χ0n) is 11.8. The van der Waals surface area contributed by atoms with Gasteiger partial charge in [-0.2, -0.15) is 0 Å². The number of hydrogen-bond donors (Lipinski definition) is 2. The SMILES string of the molecule is O=C1C(=C2Nc3ccccc3C(Br)=C2O)C(=O)c2ccccc21. The quantitative estimate of drug-likeness (QED) is 0.544. The minimum atomic E-state index is -0.376. The van der Waals surface area contributed by atoms with Crippen LogP contribution in [0, 0.1) is 0 Å². The molecule has 0 amide bonds. The summed E-state index contributed by atoms with van der Waals surface area (Å²) in [5.41, 5.74) is 2.33. The maximum absolute atomic E-state index is 12.6. The first-order valence-electron chi connectivity index (χ1n) is 6.98. The van der Waals surface area contributed by atoms with Gasteiger partial charge in [0.2, 0.25) is 0 Å². The molecule has 1 heterocycles. The maximum atomic E-state index is 12.6. The number of rotatable bonds is 0. The molecule has 0 atom stereocenters. The number of anilines is 1. The summed E-state index contributed by atoms with van der Waals surface area (Å²) in [4.78, 5) is 25.2. The van der Waals surface area contributed by atoms with Crippen LogP contribution < -0.4 is 5.32 Å². The molecule has 2 aromatic rings. The van der Waals surface area contributed by atoms with Gasteiger partial charge in [-0.05, 0) is 22.0 Å². The van der Waals surface area contributed by atoms with Crippen LogP contribution in [0.15, 0.2) is 65.6 Å². The Morgan fingerprint density at radius 3 is 1.96 bits per heavy atom. The van der Waals surface area contributed by atoms with E-state index in [1.807, 2.05) is 24.3 Å².